The average Bonchev–Trinajstić information content (AvgIpc) is 3.28. The molecule has 7 heteroatoms. The highest BCUT2D eigenvalue weighted by Gasteiger charge is 2.22. The minimum Gasteiger partial charge on any atom is -0.352 e. The van der Waals surface area contributed by atoms with Crippen LogP contribution < -0.4 is 9.80 Å². The van der Waals surface area contributed by atoms with Gasteiger partial charge in [-0.1, -0.05) is 23.5 Å². The standard InChI is InChI=1S/C17H15N5S2/c1-2-4-14-12(3-1)20-17(24-14)22-8-6-21(7-9-22)16-15-13(5-10-23-15)18-11-19-16/h1-5,10-11H,6-9H2. The molecule has 5 nitrogen and oxygen atoms in total. The van der Waals surface area contributed by atoms with Crippen LogP contribution in [0.5, 0.6) is 0 Å². The van der Waals surface area contributed by atoms with Crippen molar-refractivity contribution in [1.82, 2.24) is 15.0 Å². The van der Waals surface area contributed by atoms with E-state index in [9.17, 15) is 0 Å². The molecule has 1 aliphatic heterocycles. The van der Waals surface area contributed by atoms with Gasteiger partial charge in [-0.2, -0.15) is 0 Å². The summed E-state index contributed by atoms with van der Waals surface area (Å²) in [6.07, 6.45) is 1.67. The molecular weight excluding hydrogens is 338 g/mol. The maximum atomic E-state index is 4.78. The highest BCUT2D eigenvalue weighted by molar-refractivity contribution is 7.22. The van der Waals surface area contributed by atoms with E-state index < -0.39 is 0 Å². The fourth-order valence-electron chi connectivity index (χ4n) is 3.11. The SMILES string of the molecule is c1ccc2sc(N3CCN(c4ncnc5ccsc45)CC3)nc2c1. The molecule has 0 amide bonds. The minimum absolute atomic E-state index is 0.958. The summed E-state index contributed by atoms with van der Waals surface area (Å²) in [6, 6.07) is 10.4. The lowest BCUT2D eigenvalue weighted by Gasteiger charge is -2.35. The van der Waals surface area contributed by atoms with Crippen LogP contribution >= 0.6 is 22.7 Å². The minimum atomic E-state index is 0.958. The lowest BCUT2D eigenvalue weighted by Crippen LogP contribution is -2.46. The highest BCUT2D eigenvalue weighted by atomic mass is 32.1. The summed E-state index contributed by atoms with van der Waals surface area (Å²) in [4.78, 5) is 18.4. The molecule has 24 heavy (non-hydrogen) atoms. The van der Waals surface area contributed by atoms with Crippen LogP contribution in [0.25, 0.3) is 20.4 Å². The Balaban J connectivity index is 1.38. The average molecular weight is 353 g/mol. The first-order valence-electron chi connectivity index (χ1n) is 7.92. The van der Waals surface area contributed by atoms with Gasteiger partial charge in [-0.3, -0.25) is 0 Å². The highest BCUT2D eigenvalue weighted by Crippen LogP contribution is 2.31. The topological polar surface area (TPSA) is 45.2 Å². The van der Waals surface area contributed by atoms with Gasteiger partial charge < -0.3 is 9.80 Å². The van der Waals surface area contributed by atoms with Gasteiger partial charge in [0.25, 0.3) is 0 Å². The second kappa shape index (κ2) is 5.68. The number of anilines is 2. The van der Waals surface area contributed by atoms with E-state index in [0.29, 0.717) is 0 Å². The molecule has 5 rings (SSSR count). The van der Waals surface area contributed by atoms with Crippen molar-refractivity contribution >= 4 is 54.1 Å². The van der Waals surface area contributed by atoms with Crippen LogP contribution in [0, 0.1) is 0 Å². The van der Waals surface area contributed by atoms with E-state index in [1.165, 1.54) is 9.40 Å². The Bertz CT molecular complexity index is 967. The van der Waals surface area contributed by atoms with Crippen molar-refractivity contribution in [3.8, 4) is 0 Å². The van der Waals surface area contributed by atoms with Crippen LogP contribution in [0.2, 0.25) is 0 Å². The lowest BCUT2D eigenvalue weighted by atomic mass is 10.3. The number of para-hydroxylation sites is 1. The molecule has 0 N–H and O–H groups in total. The fraction of sp³-hybridized carbons (Fsp3) is 0.235. The Morgan fingerprint density at radius 1 is 0.875 bits per heavy atom. The number of thiazole rings is 1. The zero-order valence-electron chi connectivity index (χ0n) is 12.9. The molecule has 1 aliphatic rings. The summed E-state index contributed by atoms with van der Waals surface area (Å²) in [5.41, 5.74) is 2.13. The summed E-state index contributed by atoms with van der Waals surface area (Å²) >= 11 is 3.49. The van der Waals surface area contributed by atoms with E-state index in [1.807, 2.05) is 6.07 Å². The first-order valence-corrected chi connectivity index (χ1v) is 9.62. The second-order valence-corrected chi connectivity index (χ2v) is 7.70. The Morgan fingerprint density at radius 2 is 1.71 bits per heavy atom. The third-order valence-electron chi connectivity index (χ3n) is 4.36. The van der Waals surface area contributed by atoms with Crippen LogP contribution in [0.15, 0.2) is 42.0 Å². The fourth-order valence-corrected chi connectivity index (χ4v) is 4.98. The van der Waals surface area contributed by atoms with Crippen LogP contribution in [0.1, 0.15) is 0 Å². The maximum absolute atomic E-state index is 4.78. The number of aromatic nitrogens is 3. The number of fused-ring (bicyclic) bond motifs is 2. The summed E-state index contributed by atoms with van der Waals surface area (Å²) in [6.45, 7) is 3.85. The van der Waals surface area contributed by atoms with Gasteiger partial charge in [-0.25, -0.2) is 15.0 Å². The number of piperazine rings is 1. The van der Waals surface area contributed by atoms with E-state index >= 15 is 0 Å². The Labute approximate surface area is 147 Å². The summed E-state index contributed by atoms with van der Waals surface area (Å²) in [5, 5.41) is 3.21. The smallest absolute Gasteiger partial charge is 0.186 e. The van der Waals surface area contributed by atoms with Gasteiger partial charge in [0.1, 0.15) is 12.1 Å². The number of hydrogen-bond acceptors (Lipinski definition) is 7. The van der Waals surface area contributed by atoms with Gasteiger partial charge in [0.15, 0.2) is 5.13 Å². The van der Waals surface area contributed by atoms with Gasteiger partial charge in [0.2, 0.25) is 0 Å². The van der Waals surface area contributed by atoms with Gasteiger partial charge in [-0.15, -0.1) is 11.3 Å². The number of rotatable bonds is 2. The van der Waals surface area contributed by atoms with Crippen molar-refractivity contribution in [3.63, 3.8) is 0 Å². The van der Waals surface area contributed by atoms with Crippen LogP contribution in [0.4, 0.5) is 10.9 Å². The van der Waals surface area contributed by atoms with Crippen LogP contribution in [-0.2, 0) is 0 Å². The van der Waals surface area contributed by atoms with Gasteiger partial charge in [0.05, 0.1) is 20.4 Å². The molecule has 4 aromatic rings. The van der Waals surface area contributed by atoms with Crippen molar-refractivity contribution in [3.05, 3.63) is 42.0 Å². The monoisotopic (exact) mass is 353 g/mol. The third kappa shape index (κ3) is 2.32. The predicted octanol–water partition coefficient (Wildman–Crippen LogP) is 3.63. The number of thiophene rings is 1. The number of hydrogen-bond donors (Lipinski definition) is 0. The Morgan fingerprint density at radius 3 is 2.58 bits per heavy atom. The summed E-state index contributed by atoms with van der Waals surface area (Å²) in [5.74, 6) is 1.07. The molecule has 0 bridgehead atoms. The molecule has 0 spiro atoms. The van der Waals surface area contributed by atoms with Crippen LogP contribution in [0.3, 0.4) is 0 Å². The molecule has 120 valence electrons. The van der Waals surface area contributed by atoms with Gasteiger partial charge >= 0.3 is 0 Å². The van der Waals surface area contributed by atoms with E-state index in [2.05, 4.69) is 49.4 Å². The van der Waals surface area contributed by atoms with E-state index in [0.717, 1.165) is 48.2 Å². The molecule has 0 aliphatic carbocycles. The molecule has 4 heterocycles. The first kappa shape index (κ1) is 14.1. The molecule has 1 fully saturated rings. The van der Waals surface area contributed by atoms with Crippen molar-refractivity contribution in [2.24, 2.45) is 0 Å². The predicted molar refractivity (Wildman–Crippen MR) is 101 cm³/mol. The molecule has 0 saturated carbocycles. The third-order valence-corrected chi connectivity index (χ3v) is 6.35. The van der Waals surface area contributed by atoms with Crippen molar-refractivity contribution in [2.75, 3.05) is 36.0 Å². The van der Waals surface area contributed by atoms with Crippen LogP contribution in [-0.4, -0.2) is 41.1 Å². The maximum Gasteiger partial charge on any atom is 0.186 e. The second-order valence-electron chi connectivity index (χ2n) is 5.77. The first-order chi connectivity index (χ1) is 11.9. The quantitative estimate of drug-likeness (QED) is 0.551. The normalized spacial score (nSPS) is 15.5. The largest absolute Gasteiger partial charge is 0.352 e. The number of nitrogens with zero attached hydrogens (tertiary/aromatic N) is 5. The number of benzene rings is 1. The molecule has 0 unspecified atom stereocenters. The lowest BCUT2D eigenvalue weighted by molar-refractivity contribution is 0.648. The van der Waals surface area contributed by atoms with Crippen molar-refractivity contribution < 1.29 is 0 Å². The molecule has 3 aromatic heterocycles. The van der Waals surface area contributed by atoms with Crippen molar-refractivity contribution in [2.45, 2.75) is 0 Å². The summed E-state index contributed by atoms with van der Waals surface area (Å²) < 4.78 is 2.44. The van der Waals surface area contributed by atoms with Gasteiger partial charge in [-0.05, 0) is 23.6 Å². The molecule has 0 atom stereocenters. The van der Waals surface area contributed by atoms with E-state index in [4.69, 9.17) is 4.98 Å². The summed E-state index contributed by atoms with van der Waals surface area (Å²) in [7, 11) is 0. The zero-order chi connectivity index (χ0) is 15.9. The molecule has 0 radical (unpaired) electrons. The Kier molecular flexibility index (Phi) is 3.34. The molecular formula is C17H15N5S2. The van der Waals surface area contributed by atoms with E-state index in [1.54, 1.807) is 29.0 Å². The van der Waals surface area contributed by atoms with Gasteiger partial charge in [0, 0.05) is 26.2 Å². The zero-order valence-corrected chi connectivity index (χ0v) is 14.6. The Hall–Kier alpha value is -2.25. The molecule has 1 aromatic carbocycles. The van der Waals surface area contributed by atoms with E-state index in [-0.39, 0.29) is 0 Å². The molecule has 1 saturated heterocycles. The van der Waals surface area contributed by atoms with Crippen molar-refractivity contribution in [1.29, 1.82) is 0 Å².